The molecule has 130 valence electrons. The monoisotopic (exact) mass is 336 g/mol. The van der Waals surface area contributed by atoms with Crippen LogP contribution in [0.2, 0.25) is 0 Å². The smallest absolute Gasteiger partial charge is 0.317 e. The van der Waals surface area contributed by atoms with Gasteiger partial charge in [0.2, 0.25) is 0 Å². The van der Waals surface area contributed by atoms with Crippen molar-refractivity contribution in [1.29, 1.82) is 5.26 Å². The summed E-state index contributed by atoms with van der Waals surface area (Å²) in [5.41, 5.74) is 2.63. The second-order valence-corrected chi connectivity index (χ2v) is 6.02. The van der Waals surface area contributed by atoms with Gasteiger partial charge < -0.3 is 10.2 Å². The van der Waals surface area contributed by atoms with E-state index in [1.807, 2.05) is 37.5 Å². The first-order valence-corrected chi connectivity index (χ1v) is 8.55. The van der Waals surface area contributed by atoms with E-state index in [-0.39, 0.29) is 12.1 Å². The summed E-state index contributed by atoms with van der Waals surface area (Å²) >= 11 is 0. The lowest BCUT2D eigenvalue weighted by molar-refractivity contribution is 0.185. The number of nitrogens with one attached hydrogen (secondary N) is 1. The fourth-order valence-corrected chi connectivity index (χ4v) is 2.70. The molecular weight excluding hydrogens is 312 g/mol. The van der Waals surface area contributed by atoms with Crippen LogP contribution < -0.4 is 5.32 Å². The summed E-state index contributed by atoms with van der Waals surface area (Å²) in [6.07, 6.45) is 6.60. The number of unbranched alkanes of at least 4 members (excludes halogenated alkanes) is 1. The average Bonchev–Trinajstić information content (AvgIpc) is 2.67. The molecule has 1 N–H and O–H groups in total. The van der Waals surface area contributed by atoms with E-state index in [1.54, 1.807) is 23.2 Å². The minimum absolute atomic E-state index is 0.00890. The van der Waals surface area contributed by atoms with Gasteiger partial charge in [-0.25, -0.2) is 4.79 Å². The SMILES string of the molecule is CCCC[C@@H](c1cccnc1)N(C)C(=O)NCc1ccc(C#N)cc1. The van der Waals surface area contributed by atoms with Gasteiger partial charge in [-0.1, -0.05) is 38.0 Å². The van der Waals surface area contributed by atoms with Crippen LogP contribution in [0, 0.1) is 11.3 Å². The van der Waals surface area contributed by atoms with Crippen molar-refractivity contribution in [3.05, 3.63) is 65.5 Å². The first kappa shape index (κ1) is 18.5. The third-order valence-electron chi connectivity index (χ3n) is 4.21. The number of nitriles is 1. The number of carbonyl (C=O) groups excluding carboxylic acids is 1. The van der Waals surface area contributed by atoms with Crippen molar-refractivity contribution in [1.82, 2.24) is 15.2 Å². The molecule has 5 nitrogen and oxygen atoms in total. The number of hydrogen-bond acceptors (Lipinski definition) is 3. The van der Waals surface area contributed by atoms with Gasteiger partial charge in [0.15, 0.2) is 0 Å². The predicted octanol–water partition coefficient (Wildman–Crippen LogP) is 4.03. The molecule has 1 aromatic heterocycles. The lowest BCUT2D eigenvalue weighted by atomic mass is 10.0. The quantitative estimate of drug-likeness (QED) is 0.830. The zero-order valence-corrected chi connectivity index (χ0v) is 14.8. The van der Waals surface area contributed by atoms with Crippen LogP contribution in [0.3, 0.4) is 0 Å². The van der Waals surface area contributed by atoms with E-state index < -0.39 is 0 Å². The molecule has 2 amide bonds. The summed E-state index contributed by atoms with van der Waals surface area (Å²) in [5.74, 6) is 0. The first-order chi connectivity index (χ1) is 12.2. The second-order valence-electron chi connectivity index (χ2n) is 6.02. The first-order valence-electron chi connectivity index (χ1n) is 8.55. The zero-order valence-electron chi connectivity index (χ0n) is 14.8. The van der Waals surface area contributed by atoms with Crippen LogP contribution in [0.4, 0.5) is 4.79 Å². The van der Waals surface area contributed by atoms with Crippen LogP contribution in [-0.4, -0.2) is 23.0 Å². The third-order valence-corrected chi connectivity index (χ3v) is 4.21. The van der Waals surface area contributed by atoms with E-state index in [1.165, 1.54) is 0 Å². The molecule has 1 aromatic carbocycles. The highest BCUT2D eigenvalue weighted by Gasteiger charge is 2.21. The van der Waals surface area contributed by atoms with Gasteiger partial charge in [-0.15, -0.1) is 0 Å². The summed E-state index contributed by atoms with van der Waals surface area (Å²) in [6.45, 7) is 2.58. The van der Waals surface area contributed by atoms with Crippen LogP contribution in [-0.2, 0) is 6.54 Å². The standard InChI is InChI=1S/C20H24N4O/c1-3-4-7-19(18-6-5-12-22-15-18)24(2)20(25)23-14-17-10-8-16(13-21)9-11-17/h5-6,8-12,15,19H,3-4,7,14H2,1-2H3,(H,23,25)/t19-/m0/s1. The Morgan fingerprint density at radius 2 is 2.08 bits per heavy atom. The van der Waals surface area contributed by atoms with Gasteiger partial charge in [0, 0.05) is 26.0 Å². The number of nitrogens with zero attached hydrogens (tertiary/aromatic N) is 3. The van der Waals surface area contributed by atoms with Crippen molar-refractivity contribution >= 4 is 6.03 Å². The van der Waals surface area contributed by atoms with E-state index >= 15 is 0 Å². The number of amides is 2. The number of carbonyl (C=O) groups is 1. The number of urea groups is 1. The molecule has 1 atom stereocenters. The highest BCUT2D eigenvalue weighted by atomic mass is 16.2. The van der Waals surface area contributed by atoms with Gasteiger partial charge in [-0.3, -0.25) is 4.98 Å². The Morgan fingerprint density at radius 1 is 1.32 bits per heavy atom. The van der Waals surface area contributed by atoms with E-state index in [0.29, 0.717) is 12.1 Å². The Bertz CT molecular complexity index is 707. The average molecular weight is 336 g/mol. The summed E-state index contributed by atoms with van der Waals surface area (Å²) < 4.78 is 0. The molecule has 0 fully saturated rings. The van der Waals surface area contributed by atoms with E-state index in [0.717, 1.165) is 30.4 Å². The maximum absolute atomic E-state index is 12.6. The molecule has 2 aromatic rings. The molecule has 5 heteroatoms. The zero-order chi connectivity index (χ0) is 18.1. The highest BCUT2D eigenvalue weighted by Crippen LogP contribution is 2.24. The summed E-state index contributed by atoms with van der Waals surface area (Å²) in [4.78, 5) is 18.5. The molecule has 0 aliphatic heterocycles. The van der Waals surface area contributed by atoms with Crippen LogP contribution >= 0.6 is 0 Å². The molecule has 0 saturated heterocycles. The molecule has 0 unspecified atom stereocenters. The minimum atomic E-state index is -0.116. The van der Waals surface area contributed by atoms with Gasteiger partial charge in [0.1, 0.15) is 0 Å². The fourth-order valence-electron chi connectivity index (χ4n) is 2.70. The van der Waals surface area contributed by atoms with Crippen molar-refractivity contribution in [3.63, 3.8) is 0 Å². The van der Waals surface area contributed by atoms with Gasteiger partial charge in [-0.2, -0.15) is 5.26 Å². The molecule has 1 heterocycles. The minimum Gasteiger partial charge on any atom is -0.334 e. The Hall–Kier alpha value is -2.87. The maximum Gasteiger partial charge on any atom is 0.317 e. The molecule has 0 bridgehead atoms. The normalized spacial score (nSPS) is 11.4. The molecule has 0 radical (unpaired) electrons. The van der Waals surface area contributed by atoms with Crippen LogP contribution in [0.5, 0.6) is 0 Å². The van der Waals surface area contributed by atoms with Crippen LogP contribution in [0.1, 0.15) is 48.9 Å². The van der Waals surface area contributed by atoms with E-state index in [4.69, 9.17) is 5.26 Å². The summed E-state index contributed by atoms with van der Waals surface area (Å²) in [7, 11) is 1.82. The fraction of sp³-hybridized carbons (Fsp3) is 0.350. The number of pyridine rings is 1. The predicted molar refractivity (Wildman–Crippen MR) is 97.7 cm³/mol. The molecule has 0 aliphatic rings. The Morgan fingerprint density at radius 3 is 2.68 bits per heavy atom. The van der Waals surface area contributed by atoms with Crippen molar-refractivity contribution in [2.75, 3.05) is 7.05 Å². The number of aromatic nitrogens is 1. The molecule has 2 rings (SSSR count). The molecular formula is C20H24N4O. The summed E-state index contributed by atoms with van der Waals surface area (Å²) in [6, 6.07) is 13.1. The van der Waals surface area contributed by atoms with Gasteiger partial charge in [0.25, 0.3) is 0 Å². The highest BCUT2D eigenvalue weighted by molar-refractivity contribution is 5.74. The Labute approximate surface area is 149 Å². The number of rotatable bonds is 7. The van der Waals surface area contributed by atoms with Crippen LogP contribution in [0.25, 0.3) is 0 Å². The van der Waals surface area contributed by atoms with Gasteiger partial charge >= 0.3 is 6.03 Å². The molecule has 0 aliphatic carbocycles. The molecule has 0 saturated carbocycles. The van der Waals surface area contributed by atoms with Crippen molar-refractivity contribution < 1.29 is 4.79 Å². The molecule has 25 heavy (non-hydrogen) atoms. The van der Waals surface area contributed by atoms with E-state index in [9.17, 15) is 4.79 Å². The number of benzene rings is 1. The van der Waals surface area contributed by atoms with Gasteiger partial charge in [-0.05, 0) is 35.7 Å². The maximum atomic E-state index is 12.6. The van der Waals surface area contributed by atoms with Crippen LogP contribution in [0.15, 0.2) is 48.8 Å². The largest absolute Gasteiger partial charge is 0.334 e. The topological polar surface area (TPSA) is 69.0 Å². The van der Waals surface area contributed by atoms with Crippen molar-refractivity contribution in [2.24, 2.45) is 0 Å². The Balaban J connectivity index is 2.00. The Kier molecular flexibility index (Phi) is 6.97. The van der Waals surface area contributed by atoms with Crippen molar-refractivity contribution in [3.8, 4) is 6.07 Å². The lowest BCUT2D eigenvalue weighted by Gasteiger charge is -2.28. The van der Waals surface area contributed by atoms with Gasteiger partial charge in [0.05, 0.1) is 17.7 Å². The summed E-state index contributed by atoms with van der Waals surface area (Å²) in [5, 5.41) is 11.8. The molecule has 0 spiro atoms. The third kappa shape index (κ3) is 5.32. The van der Waals surface area contributed by atoms with E-state index in [2.05, 4.69) is 23.3 Å². The number of hydrogen-bond donors (Lipinski definition) is 1. The lowest BCUT2D eigenvalue weighted by Crippen LogP contribution is -2.39. The van der Waals surface area contributed by atoms with Crippen molar-refractivity contribution in [2.45, 2.75) is 38.8 Å². The second kappa shape index (κ2) is 9.43.